The molecule has 0 saturated carbocycles. The molecule has 40 valence electrons. The van der Waals surface area contributed by atoms with Crippen LogP contribution in [0.25, 0.3) is 0 Å². The van der Waals surface area contributed by atoms with Gasteiger partial charge in [0.05, 0.1) is 6.20 Å². The van der Waals surface area contributed by atoms with Gasteiger partial charge in [-0.2, -0.15) is 10.4 Å². The number of aryl methyl sites for hydroxylation is 1. The Morgan fingerprint density at radius 3 is 2.88 bits per heavy atom. The zero-order valence-corrected chi connectivity index (χ0v) is 4.55. The molecular formula is C5H6N3+. The van der Waals surface area contributed by atoms with E-state index < -0.39 is 0 Å². The summed E-state index contributed by atoms with van der Waals surface area (Å²) in [6, 6.07) is 3.73. The number of hydrogen-bond acceptors (Lipinski definition) is 1. The molecule has 0 amide bonds. The van der Waals surface area contributed by atoms with E-state index >= 15 is 0 Å². The Morgan fingerprint density at radius 1 is 1.88 bits per heavy atom. The van der Waals surface area contributed by atoms with Crippen molar-refractivity contribution in [3.05, 3.63) is 18.0 Å². The van der Waals surface area contributed by atoms with E-state index in [1.807, 2.05) is 6.07 Å². The van der Waals surface area contributed by atoms with Crippen LogP contribution in [-0.4, -0.2) is 5.10 Å². The molecule has 0 radical (unpaired) electrons. The maximum Gasteiger partial charge on any atom is 0.307 e. The smallest absolute Gasteiger partial charge is 0.186 e. The van der Waals surface area contributed by atoms with Crippen LogP contribution in [0.15, 0.2) is 12.3 Å². The van der Waals surface area contributed by atoms with Crippen molar-refractivity contribution in [2.24, 2.45) is 7.05 Å². The van der Waals surface area contributed by atoms with Gasteiger partial charge in [0.25, 0.3) is 0 Å². The molecule has 1 heterocycles. The Bertz CT molecular complexity index is 218. The molecule has 0 aromatic carbocycles. The molecule has 0 bridgehead atoms. The first-order valence-corrected chi connectivity index (χ1v) is 2.28. The molecule has 3 nitrogen and oxygen atoms in total. The lowest BCUT2D eigenvalue weighted by Crippen LogP contribution is -2.32. The second-order valence-electron chi connectivity index (χ2n) is 1.52. The summed E-state index contributed by atoms with van der Waals surface area (Å²) in [5.41, 5.74) is 0.644. The van der Waals surface area contributed by atoms with Gasteiger partial charge in [0.2, 0.25) is 0 Å². The average molecular weight is 108 g/mol. The molecular weight excluding hydrogens is 102 g/mol. The average Bonchev–Trinajstić information content (AvgIpc) is 2.14. The Labute approximate surface area is 47.2 Å². The Kier molecular flexibility index (Phi) is 1.01. The van der Waals surface area contributed by atoms with Crippen LogP contribution in [0.2, 0.25) is 0 Å². The van der Waals surface area contributed by atoms with Gasteiger partial charge in [-0.25, -0.2) is 0 Å². The minimum Gasteiger partial charge on any atom is -0.186 e. The van der Waals surface area contributed by atoms with Gasteiger partial charge in [-0.05, 0) is 0 Å². The predicted octanol–water partition coefficient (Wildman–Crippen LogP) is -0.289. The van der Waals surface area contributed by atoms with Gasteiger partial charge in [-0.3, -0.25) is 0 Å². The van der Waals surface area contributed by atoms with Crippen molar-refractivity contribution in [2.75, 3.05) is 0 Å². The van der Waals surface area contributed by atoms with Crippen molar-refractivity contribution in [3.8, 4) is 6.07 Å². The van der Waals surface area contributed by atoms with Gasteiger partial charge in [-0.1, -0.05) is 0 Å². The molecule has 0 aliphatic carbocycles. The Morgan fingerprint density at radius 2 is 2.62 bits per heavy atom. The standard InChI is InChI=1S/C5H5N3/c1-8-5(4-6)2-3-7-8/h2-3H,1H3/p+1. The molecule has 3 heteroatoms. The molecule has 0 aliphatic rings. The quantitative estimate of drug-likeness (QED) is 0.456. The highest BCUT2D eigenvalue weighted by molar-refractivity contribution is 5.10. The molecule has 1 aromatic rings. The van der Waals surface area contributed by atoms with E-state index in [0.29, 0.717) is 5.69 Å². The monoisotopic (exact) mass is 108 g/mol. The summed E-state index contributed by atoms with van der Waals surface area (Å²) >= 11 is 0. The summed E-state index contributed by atoms with van der Waals surface area (Å²) < 4.78 is 1.65. The molecule has 0 aliphatic heterocycles. The van der Waals surface area contributed by atoms with E-state index in [0.717, 1.165) is 0 Å². The summed E-state index contributed by atoms with van der Waals surface area (Å²) in [4.78, 5) is 0. The molecule has 1 rings (SSSR count). The van der Waals surface area contributed by atoms with Gasteiger partial charge in [0.15, 0.2) is 13.1 Å². The van der Waals surface area contributed by atoms with Crippen molar-refractivity contribution in [3.63, 3.8) is 0 Å². The second kappa shape index (κ2) is 1.66. The van der Waals surface area contributed by atoms with Crippen molar-refractivity contribution in [2.45, 2.75) is 0 Å². The first-order chi connectivity index (χ1) is 3.84. The van der Waals surface area contributed by atoms with Crippen LogP contribution in [0, 0.1) is 11.3 Å². The van der Waals surface area contributed by atoms with Crippen LogP contribution in [0.5, 0.6) is 0 Å². The number of aromatic nitrogens is 2. The summed E-state index contributed by atoms with van der Waals surface area (Å²) in [7, 11) is 1.79. The summed E-state index contributed by atoms with van der Waals surface area (Å²) in [5, 5.41) is 11.1. The number of nitrogens with one attached hydrogen (secondary N) is 1. The third-order valence-corrected chi connectivity index (χ3v) is 0.985. The normalized spacial score (nSPS) is 8.50. The first kappa shape index (κ1) is 4.85. The molecule has 0 fully saturated rings. The lowest BCUT2D eigenvalue weighted by atomic mass is 10.5. The maximum absolute atomic E-state index is 8.32. The number of rotatable bonds is 0. The van der Waals surface area contributed by atoms with E-state index in [1.54, 1.807) is 24.0 Å². The highest BCUT2D eigenvalue weighted by atomic mass is 15.2. The molecule has 8 heavy (non-hydrogen) atoms. The first-order valence-electron chi connectivity index (χ1n) is 2.28. The van der Waals surface area contributed by atoms with Crippen LogP contribution in [0.4, 0.5) is 0 Å². The van der Waals surface area contributed by atoms with Crippen molar-refractivity contribution in [1.29, 1.82) is 5.26 Å². The van der Waals surface area contributed by atoms with Crippen molar-refractivity contribution < 1.29 is 4.68 Å². The van der Waals surface area contributed by atoms with Crippen LogP contribution < -0.4 is 4.68 Å². The summed E-state index contributed by atoms with van der Waals surface area (Å²) in [6.07, 6.45) is 1.72. The lowest BCUT2D eigenvalue weighted by Gasteiger charge is -1.72. The minimum absolute atomic E-state index is 0.644. The number of aromatic amines is 1. The number of nitrogens with zero attached hydrogens (tertiary/aromatic N) is 2. The maximum atomic E-state index is 8.32. The number of H-pyrrole nitrogens is 1. The molecule has 0 spiro atoms. The van der Waals surface area contributed by atoms with E-state index in [2.05, 4.69) is 5.10 Å². The fourth-order valence-electron chi connectivity index (χ4n) is 0.522. The van der Waals surface area contributed by atoms with E-state index in [4.69, 9.17) is 5.26 Å². The fraction of sp³-hybridized carbons (Fsp3) is 0.200. The van der Waals surface area contributed by atoms with Gasteiger partial charge >= 0.3 is 5.69 Å². The zero-order chi connectivity index (χ0) is 5.98. The largest absolute Gasteiger partial charge is 0.307 e. The van der Waals surface area contributed by atoms with Crippen LogP contribution in [-0.2, 0) is 7.05 Å². The summed E-state index contributed by atoms with van der Waals surface area (Å²) in [6.45, 7) is 0. The number of hydrogen-bond donors (Lipinski definition) is 1. The van der Waals surface area contributed by atoms with Crippen molar-refractivity contribution in [1.82, 2.24) is 5.10 Å². The highest BCUT2D eigenvalue weighted by Gasteiger charge is 2.01. The highest BCUT2D eigenvalue weighted by Crippen LogP contribution is 1.80. The second-order valence-corrected chi connectivity index (χ2v) is 1.52. The van der Waals surface area contributed by atoms with Crippen molar-refractivity contribution >= 4 is 0 Å². The number of nitriles is 1. The predicted molar refractivity (Wildman–Crippen MR) is 26.7 cm³/mol. The fourth-order valence-corrected chi connectivity index (χ4v) is 0.522. The minimum atomic E-state index is 0.644. The lowest BCUT2D eigenvalue weighted by molar-refractivity contribution is -0.729. The van der Waals surface area contributed by atoms with Gasteiger partial charge in [0, 0.05) is 6.07 Å². The topological polar surface area (TPSA) is 43.5 Å². The molecule has 1 aromatic heterocycles. The molecule has 1 N–H and O–H groups in total. The van der Waals surface area contributed by atoms with Crippen LogP contribution in [0.3, 0.4) is 0 Å². The van der Waals surface area contributed by atoms with E-state index in [-0.39, 0.29) is 0 Å². The van der Waals surface area contributed by atoms with E-state index in [9.17, 15) is 0 Å². The van der Waals surface area contributed by atoms with Crippen LogP contribution in [0.1, 0.15) is 5.69 Å². The van der Waals surface area contributed by atoms with Crippen LogP contribution >= 0.6 is 0 Å². The molecule has 0 unspecified atom stereocenters. The Balaban J connectivity index is 3.15. The van der Waals surface area contributed by atoms with E-state index in [1.165, 1.54) is 0 Å². The zero-order valence-electron chi connectivity index (χ0n) is 4.55. The molecule has 0 saturated heterocycles. The SMILES string of the molecule is C[n+]1[nH]ccc1C#N. The third-order valence-electron chi connectivity index (χ3n) is 0.985. The Hall–Kier alpha value is -1.30. The van der Waals surface area contributed by atoms with Gasteiger partial charge in [0.1, 0.15) is 0 Å². The van der Waals surface area contributed by atoms with Gasteiger partial charge < -0.3 is 0 Å². The van der Waals surface area contributed by atoms with Gasteiger partial charge in [-0.15, -0.1) is 4.68 Å². The molecule has 0 atom stereocenters. The summed E-state index contributed by atoms with van der Waals surface area (Å²) in [5.74, 6) is 0. The third kappa shape index (κ3) is 0.562.